The van der Waals surface area contributed by atoms with Crippen LogP contribution in [0, 0.1) is 5.82 Å². The zero-order valence-corrected chi connectivity index (χ0v) is 17.3. The van der Waals surface area contributed by atoms with Crippen molar-refractivity contribution in [3.63, 3.8) is 0 Å². The van der Waals surface area contributed by atoms with E-state index in [9.17, 15) is 9.18 Å². The Morgan fingerprint density at radius 3 is 2.13 bits per heavy atom. The standard InChI is InChI=1S/C25H25FO5/c1-29-24(25(27)28)16-20-10-13-22(17-23(20)26)31-15-5-14-30-21-11-8-19(9-12-21)18-6-3-2-4-7-18/h2-4,6-13,17,24H,5,14-16H2,1H3,(H,27,28)/t24-/m0/s1. The van der Waals surface area contributed by atoms with Crippen molar-refractivity contribution in [2.24, 2.45) is 0 Å². The maximum Gasteiger partial charge on any atom is 0.333 e. The van der Waals surface area contributed by atoms with Gasteiger partial charge < -0.3 is 19.3 Å². The smallest absolute Gasteiger partial charge is 0.333 e. The summed E-state index contributed by atoms with van der Waals surface area (Å²) in [6, 6.07) is 22.4. The number of carboxylic acids is 1. The van der Waals surface area contributed by atoms with E-state index in [0.29, 0.717) is 25.4 Å². The fourth-order valence-corrected chi connectivity index (χ4v) is 3.07. The molecule has 0 radical (unpaired) electrons. The SMILES string of the molecule is CO[C@@H](Cc1ccc(OCCCOc2ccc(-c3ccccc3)cc2)cc1F)C(=O)O. The van der Waals surface area contributed by atoms with Crippen LogP contribution in [0.15, 0.2) is 72.8 Å². The van der Waals surface area contributed by atoms with Crippen molar-refractivity contribution in [1.82, 2.24) is 0 Å². The van der Waals surface area contributed by atoms with Crippen LogP contribution in [0.1, 0.15) is 12.0 Å². The van der Waals surface area contributed by atoms with E-state index in [1.807, 2.05) is 42.5 Å². The normalized spacial score (nSPS) is 11.7. The Kier molecular flexibility index (Phi) is 8.01. The Bertz CT molecular complexity index is 973. The summed E-state index contributed by atoms with van der Waals surface area (Å²) in [7, 11) is 1.29. The van der Waals surface area contributed by atoms with Crippen molar-refractivity contribution >= 4 is 5.97 Å². The molecule has 0 heterocycles. The first-order chi connectivity index (χ1) is 15.1. The van der Waals surface area contributed by atoms with Gasteiger partial charge in [-0.2, -0.15) is 0 Å². The van der Waals surface area contributed by atoms with Crippen molar-refractivity contribution in [2.45, 2.75) is 18.9 Å². The Morgan fingerprint density at radius 2 is 1.52 bits per heavy atom. The number of methoxy groups -OCH3 is 1. The highest BCUT2D eigenvalue weighted by atomic mass is 19.1. The summed E-state index contributed by atoms with van der Waals surface area (Å²) in [4.78, 5) is 11.0. The lowest BCUT2D eigenvalue weighted by molar-refractivity contribution is -0.148. The van der Waals surface area contributed by atoms with Crippen LogP contribution in [0.25, 0.3) is 11.1 Å². The predicted octanol–water partition coefficient (Wildman–Crippen LogP) is 4.98. The zero-order chi connectivity index (χ0) is 22.1. The van der Waals surface area contributed by atoms with Gasteiger partial charge in [-0.1, -0.05) is 48.5 Å². The van der Waals surface area contributed by atoms with Gasteiger partial charge in [0.15, 0.2) is 6.10 Å². The van der Waals surface area contributed by atoms with Crippen molar-refractivity contribution in [3.05, 3.63) is 84.2 Å². The highest BCUT2D eigenvalue weighted by molar-refractivity contribution is 5.72. The molecule has 5 nitrogen and oxygen atoms in total. The zero-order valence-electron chi connectivity index (χ0n) is 17.3. The molecule has 0 unspecified atom stereocenters. The molecule has 6 heteroatoms. The van der Waals surface area contributed by atoms with Crippen LogP contribution in [0.4, 0.5) is 4.39 Å². The molecule has 0 bridgehead atoms. The van der Waals surface area contributed by atoms with Crippen LogP contribution < -0.4 is 9.47 Å². The number of aliphatic carboxylic acids is 1. The minimum absolute atomic E-state index is 0.0468. The third kappa shape index (κ3) is 6.55. The van der Waals surface area contributed by atoms with Crippen LogP contribution >= 0.6 is 0 Å². The van der Waals surface area contributed by atoms with Crippen molar-refractivity contribution in [2.75, 3.05) is 20.3 Å². The van der Waals surface area contributed by atoms with E-state index in [-0.39, 0.29) is 12.0 Å². The second-order valence-electron chi connectivity index (χ2n) is 6.96. The van der Waals surface area contributed by atoms with Gasteiger partial charge in [0.2, 0.25) is 0 Å². The number of ether oxygens (including phenoxy) is 3. The maximum atomic E-state index is 14.2. The van der Waals surface area contributed by atoms with Gasteiger partial charge in [0, 0.05) is 26.0 Å². The molecular formula is C25H25FO5. The largest absolute Gasteiger partial charge is 0.493 e. The number of benzene rings is 3. The van der Waals surface area contributed by atoms with Gasteiger partial charge in [-0.15, -0.1) is 0 Å². The predicted molar refractivity (Wildman–Crippen MR) is 116 cm³/mol. The third-order valence-corrected chi connectivity index (χ3v) is 4.78. The highest BCUT2D eigenvalue weighted by Gasteiger charge is 2.19. The Hall–Kier alpha value is -3.38. The molecule has 0 aliphatic carbocycles. The van der Waals surface area contributed by atoms with Gasteiger partial charge in [-0.3, -0.25) is 0 Å². The number of hydrogen-bond donors (Lipinski definition) is 1. The van der Waals surface area contributed by atoms with E-state index in [0.717, 1.165) is 16.9 Å². The molecule has 0 aliphatic rings. The molecule has 0 aromatic heterocycles. The first-order valence-electron chi connectivity index (χ1n) is 10.0. The number of carboxylic acid groups (broad SMARTS) is 1. The monoisotopic (exact) mass is 424 g/mol. The molecule has 1 N–H and O–H groups in total. The summed E-state index contributed by atoms with van der Waals surface area (Å²) in [5.74, 6) is -0.480. The summed E-state index contributed by atoms with van der Waals surface area (Å²) in [5, 5.41) is 9.01. The molecule has 0 saturated carbocycles. The van der Waals surface area contributed by atoms with E-state index in [1.165, 1.54) is 19.2 Å². The second kappa shape index (κ2) is 11.1. The molecular weight excluding hydrogens is 399 g/mol. The minimum atomic E-state index is -1.13. The summed E-state index contributed by atoms with van der Waals surface area (Å²) in [6.45, 7) is 0.843. The summed E-state index contributed by atoms with van der Waals surface area (Å²) in [5.41, 5.74) is 2.55. The molecule has 0 saturated heterocycles. The number of hydrogen-bond acceptors (Lipinski definition) is 4. The lowest BCUT2D eigenvalue weighted by Gasteiger charge is -2.12. The molecule has 162 valence electrons. The van der Waals surface area contributed by atoms with Crippen LogP contribution in [-0.2, 0) is 16.0 Å². The molecule has 3 aromatic carbocycles. The van der Waals surface area contributed by atoms with Gasteiger partial charge >= 0.3 is 5.97 Å². The molecule has 3 aromatic rings. The number of halogens is 1. The third-order valence-electron chi connectivity index (χ3n) is 4.78. The van der Waals surface area contributed by atoms with Crippen LogP contribution in [0.2, 0.25) is 0 Å². The van der Waals surface area contributed by atoms with E-state index >= 15 is 0 Å². The maximum absolute atomic E-state index is 14.2. The highest BCUT2D eigenvalue weighted by Crippen LogP contribution is 2.22. The van der Waals surface area contributed by atoms with Crippen molar-refractivity contribution in [3.8, 4) is 22.6 Å². The van der Waals surface area contributed by atoms with Crippen molar-refractivity contribution in [1.29, 1.82) is 0 Å². The van der Waals surface area contributed by atoms with Gasteiger partial charge in [-0.25, -0.2) is 9.18 Å². The fourth-order valence-electron chi connectivity index (χ4n) is 3.07. The van der Waals surface area contributed by atoms with Gasteiger partial charge in [0.25, 0.3) is 0 Å². The molecule has 0 spiro atoms. The van der Waals surface area contributed by atoms with Crippen LogP contribution in [0.5, 0.6) is 11.5 Å². The molecule has 1 atom stereocenters. The average Bonchev–Trinajstić information content (AvgIpc) is 2.79. The molecule has 0 fully saturated rings. The van der Waals surface area contributed by atoms with Gasteiger partial charge in [0.1, 0.15) is 17.3 Å². The second-order valence-corrected chi connectivity index (χ2v) is 6.96. The topological polar surface area (TPSA) is 65.0 Å². The molecule has 31 heavy (non-hydrogen) atoms. The van der Waals surface area contributed by atoms with Crippen molar-refractivity contribution < 1.29 is 28.5 Å². The number of rotatable bonds is 11. The van der Waals surface area contributed by atoms with E-state index in [2.05, 4.69) is 12.1 Å². The quantitative estimate of drug-likeness (QED) is 0.440. The molecule has 0 amide bonds. The average molecular weight is 424 g/mol. The summed E-state index contributed by atoms with van der Waals surface area (Å²) >= 11 is 0. The Labute approximate surface area is 181 Å². The first kappa shape index (κ1) is 22.3. The van der Waals surface area contributed by atoms with E-state index in [4.69, 9.17) is 19.3 Å². The number of carbonyl (C=O) groups is 1. The molecule has 3 rings (SSSR count). The minimum Gasteiger partial charge on any atom is -0.493 e. The Morgan fingerprint density at radius 1 is 0.903 bits per heavy atom. The van der Waals surface area contributed by atoms with Gasteiger partial charge in [0.05, 0.1) is 13.2 Å². The lowest BCUT2D eigenvalue weighted by atomic mass is 10.1. The van der Waals surface area contributed by atoms with Gasteiger partial charge in [-0.05, 0) is 34.9 Å². The van der Waals surface area contributed by atoms with E-state index < -0.39 is 17.9 Å². The Balaban J connectivity index is 1.41. The molecule has 0 aliphatic heterocycles. The van der Waals surface area contributed by atoms with Crippen LogP contribution in [-0.4, -0.2) is 37.5 Å². The first-order valence-corrected chi connectivity index (χ1v) is 10.0. The summed E-state index contributed by atoms with van der Waals surface area (Å²) in [6.07, 6.45) is -0.496. The van der Waals surface area contributed by atoms with E-state index in [1.54, 1.807) is 6.07 Å². The summed E-state index contributed by atoms with van der Waals surface area (Å²) < 4.78 is 30.4. The fraction of sp³-hybridized carbons (Fsp3) is 0.240. The lowest BCUT2D eigenvalue weighted by Crippen LogP contribution is -2.25. The van der Waals surface area contributed by atoms with Crippen LogP contribution in [0.3, 0.4) is 0 Å².